The third-order valence-corrected chi connectivity index (χ3v) is 8.26. The topological polar surface area (TPSA) is 123 Å². The molecule has 1 N–H and O–H groups in total. The third-order valence-electron chi connectivity index (χ3n) is 4.65. The second-order valence-corrected chi connectivity index (χ2v) is 10.8. The number of amides is 1. The van der Waals surface area contributed by atoms with E-state index in [1.807, 2.05) is 13.8 Å². The van der Waals surface area contributed by atoms with Gasteiger partial charge in [-0.3, -0.25) is 14.8 Å². The number of sulfonamides is 1. The van der Waals surface area contributed by atoms with Crippen molar-refractivity contribution in [3.8, 4) is 11.6 Å². The van der Waals surface area contributed by atoms with E-state index in [1.165, 1.54) is 16.4 Å². The summed E-state index contributed by atoms with van der Waals surface area (Å²) in [5, 5.41) is 14.6. The summed E-state index contributed by atoms with van der Waals surface area (Å²) < 4.78 is 34.8. The number of thiophene rings is 1. The number of nitrogens with zero attached hydrogens (tertiary/aromatic N) is 5. The Bertz CT molecular complexity index is 1170. The molecule has 160 valence electrons. The highest BCUT2D eigenvalue weighted by Crippen LogP contribution is 2.32. The second-order valence-electron chi connectivity index (χ2n) is 6.99. The van der Waals surface area contributed by atoms with E-state index in [1.54, 1.807) is 16.9 Å². The van der Waals surface area contributed by atoms with Crippen LogP contribution in [-0.2, 0) is 14.8 Å². The summed E-state index contributed by atoms with van der Waals surface area (Å²) in [6.45, 7) is 4.18. The zero-order chi connectivity index (χ0) is 21.5. The van der Waals surface area contributed by atoms with Crippen molar-refractivity contribution in [1.29, 1.82) is 0 Å². The van der Waals surface area contributed by atoms with Crippen LogP contribution < -0.4 is 5.32 Å². The molecule has 1 atom stereocenters. The summed E-state index contributed by atoms with van der Waals surface area (Å²) in [5.74, 6) is -0.313. The zero-order valence-electron chi connectivity index (χ0n) is 16.1. The number of nitrogens with one attached hydrogen (secondary N) is 1. The summed E-state index contributed by atoms with van der Waals surface area (Å²) in [5.41, 5.74) is 0.623. The van der Waals surface area contributed by atoms with Gasteiger partial charge in [0.2, 0.25) is 5.91 Å². The summed E-state index contributed by atoms with van der Waals surface area (Å²) in [7, 11) is -3.82. The molecule has 0 aromatic carbocycles. The van der Waals surface area contributed by atoms with Gasteiger partial charge in [-0.2, -0.15) is 9.40 Å². The van der Waals surface area contributed by atoms with E-state index in [9.17, 15) is 13.2 Å². The van der Waals surface area contributed by atoms with Crippen LogP contribution in [0, 0.1) is 0 Å². The van der Waals surface area contributed by atoms with Gasteiger partial charge in [0.1, 0.15) is 15.9 Å². The van der Waals surface area contributed by atoms with Crippen LogP contribution in [0.2, 0.25) is 4.34 Å². The van der Waals surface area contributed by atoms with Crippen molar-refractivity contribution in [2.45, 2.75) is 43.0 Å². The lowest BCUT2D eigenvalue weighted by Gasteiger charge is -2.21. The maximum absolute atomic E-state index is 12.9. The Balaban J connectivity index is 1.51. The average Bonchev–Trinajstić information content (AvgIpc) is 3.46. The average molecular weight is 471 g/mol. The largest absolute Gasteiger partial charge is 0.401 e. The first-order chi connectivity index (χ1) is 14.3. The van der Waals surface area contributed by atoms with Crippen LogP contribution in [0.3, 0.4) is 0 Å². The Labute approximate surface area is 181 Å². The molecular formula is C17H19ClN6O4S2. The number of hydrogen-bond donors (Lipinski definition) is 1. The standard InChI is InChI=1S/C17H19ClN6O4S2/c1-10(2)24-12(7-8-19-24)16-21-22-17(28-16)20-15(25)11-4-3-9-23(11)30(26,27)14-6-5-13(18)29-14/h5-8,10-11H,3-4,9H2,1-2H3,(H,20,22,25). The summed E-state index contributed by atoms with van der Waals surface area (Å²) in [6, 6.07) is 3.81. The van der Waals surface area contributed by atoms with Crippen LogP contribution >= 0.6 is 22.9 Å². The Morgan fingerprint density at radius 2 is 2.13 bits per heavy atom. The van der Waals surface area contributed by atoms with Gasteiger partial charge in [0.15, 0.2) is 0 Å². The lowest BCUT2D eigenvalue weighted by molar-refractivity contribution is -0.119. The smallest absolute Gasteiger partial charge is 0.322 e. The lowest BCUT2D eigenvalue weighted by atomic mass is 10.2. The van der Waals surface area contributed by atoms with Crippen molar-refractivity contribution < 1.29 is 17.6 Å². The van der Waals surface area contributed by atoms with E-state index >= 15 is 0 Å². The molecule has 0 bridgehead atoms. The molecule has 0 saturated carbocycles. The van der Waals surface area contributed by atoms with Gasteiger partial charge in [0.05, 0.1) is 4.34 Å². The van der Waals surface area contributed by atoms with E-state index < -0.39 is 22.0 Å². The fourth-order valence-electron chi connectivity index (χ4n) is 3.30. The van der Waals surface area contributed by atoms with Crippen molar-refractivity contribution in [1.82, 2.24) is 24.3 Å². The summed E-state index contributed by atoms with van der Waals surface area (Å²) >= 11 is 6.84. The molecular weight excluding hydrogens is 452 g/mol. The quantitative estimate of drug-likeness (QED) is 0.587. The summed E-state index contributed by atoms with van der Waals surface area (Å²) in [4.78, 5) is 12.8. The summed E-state index contributed by atoms with van der Waals surface area (Å²) in [6.07, 6.45) is 2.58. The normalized spacial score (nSPS) is 17.7. The van der Waals surface area contributed by atoms with Gasteiger partial charge in [-0.1, -0.05) is 16.7 Å². The predicted octanol–water partition coefficient (Wildman–Crippen LogP) is 3.02. The van der Waals surface area contributed by atoms with E-state index in [-0.39, 0.29) is 28.7 Å². The second kappa shape index (κ2) is 8.10. The number of hydrogen-bond acceptors (Lipinski definition) is 8. The van der Waals surface area contributed by atoms with Gasteiger partial charge in [-0.25, -0.2) is 8.42 Å². The van der Waals surface area contributed by atoms with Crippen molar-refractivity contribution in [3.05, 3.63) is 28.7 Å². The van der Waals surface area contributed by atoms with Crippen molar-refractivity contribution in [2.75, 3.05) is 11.9 Å². The Kier molecular flexibility index (Phi) is 5.66. The van der Waals surface area contributed by atoms with Crippen LogP contribution in [0.5, 0.6) is 0 Å². The zero-order valence-corrected chi connectivity index (χ0v) is 18.5. The highest BCUT2D eigenvalue weighted by atomic mass is 35.5. The lowest BCUT2D eigenvalue weighted by Crippen LogP contribution is -2.42. The van der Waals surface area contributed by atoms with Gasteiger partial charge in [0.25, 0.3) is 15.9 Å². The van der Waals surface area contributed by atoms with Gasteiger partial charge < -0.3 is 4.42 Å². The Hall–Kier alpha value is -2.28. The Morgan fingerprint density at radius 3 is 2.83 bits per heavy atom. The molecule has 1 aliphatic rings. The molecule has 4 heterocycles. The molecule has 3 aromatic heterocycles. The van der Waals surface area contributed by atoms with E-state index in [0.717, 1.165) is 11.3 Å². The molecule has 1 saturated heterocycles. The first-order valence-corrected chi connectivity index (χ1v) is 11.9. The molecule has 0 aliphatic carbocycles. The first kappa shape index (κ1) is 21.0. The first-order valence-electron chi connectivity index (χ1n) is 9.23. The molecule has 10 nitrogen and oxygen atoms in total. The minimum Gasteiger partial charge on any atom is -0.401 e. The van der Waals surface area contributed by atoms with Crippen molar-refractivity contribution >= 4 is 44.9 Å². The number of aromatic nitrogens is 4. The van der Waals surface area contributed by atoms with Gasteiger partial charge in [-0.05, 0) is 44.9 Å². The predicted molar refractivity (Wildman–Crippen MR) is 111 cm³/mol. The number of carbonyl (C=O) groups is 1. The van der Waals surface area contributed by atoms with Crippen LogP contribution in [0.15, 0.2) is 33.0 Å². The van der Waals surface area contributed by atoms with Gasteiger partial charge in [0, 0.05) is 18.8 Å². The molecule has 3 aromatic rings. The van der Waals surface area contributed by atoms with E-state index in [2.05, 4.69) is 20.6 Å². The molecule has 1 fully saturated rings. The molecule has 30 heavy (non-hydrogen) atoms. The van der Waals surface area contributed by atoms with Crippen molar-refractivity contribution in [3.63, 3.8) is 0 Å². The number of anilines is 1. The number of halogens is 1. The molecule has 4 rings (SSSR count). The van der Waals surface area contributed by atoms with Crippen LogP contribution in [0.25, 0.3) is 11.6 Å². The molecule has 1 aliphatic heterocycles. The maximum Gasteiger partial charge on any atom is 0.322 e. The van der Waals surface area contributed by atoms with E-state index in [4.69, 9.17) is 16.0 Å². The van der Waals surface area contributed by atoms with E-state index in [0.29, 0.717) is 22.9 Å². The molecule has 13 heteroatoms. The fourth-order valence-corrected chi connectivity index (χ4v) is 6.57. The minimum absolute atomic E-state index is 0.0861. The SMILES string of the molecule is CC(C)n1nccc1-c1nnc(NC(=O)C2CCCN2S(=O)(=O)c2ccc(Cl)s2)o1. The minimum atomic E-state index is -3.82. The molecule has 0 radical (unpaired) electrons. The molecule has 1 amide bonds. The number of rotatable bonds is 6. The highest BCUT2D eigenvalue weighted by Gasteiger charge is 2.40. The number of carbonyl (C=O) groups excluding carboxylic acids is 1. The third kappa shape index (κ3) is 3.87. The van der Waals surface area contributed by atoms with Gasteiger partial charge >= 0.3 is 6.01 Å². The monoisotopic (exact) mass is 470 g/mol. The van der Waals surface area contributed by atoms with Crippen LogP contribution in [0.1, 0.15) is 32.7 Å². The van der Waals surface area contributed by atoms with Crippen LogP contribution in [0.4, 0.5) is 6.01 Å². The van der Waals surface area contributed by atoms with Crippen molar-refractivity contribution in [2.24, 2.45) is 0 Å². The fraction of sp³-hybridized carbons (Fsp3) is 0.412. The Morgan fingerprint density at radius 1 is 1.33 bits per heavy atom. The highest BCUT2D eigenvalue weighted by molar-refractivity contribution is 7.91. The molecule has 0 spiro atoms. The maximum atomic E-state index is 12.9. The molecule has 1 unspecified atom stereocenters. The van der Waals surface area contributed by atoms with Crippen LogP contribution in [-0.4, -0.2) is 51.2 Å². The van der Waals surface area contributed by atoms with Gasteiger partial charge in [-0.15, -0.1) is 16.4 Å².